The van der Waals surface area contributed by atoms with E-state index in [0.29, 0.717) is 18.7 Å². The van der Waals surface area contributed by atoms with Crippen LogP contribution in [0.15, 0.2) is 30.3 Å². The van der Waals surface area contributed by atoms with Crippen LogP contribution >= 0.6 is 0 Å². The molecule has 1 saturated carbocycles. The molecule has 0 radical (unpaired) electrons. The Balaban J connectivity index is 1.75. The molecule has 5 heteroatoms. The lowest BCUT2D eigenvalue weighted by Gasteiger charge is -2.25. The number of rotatable bonds is 3. The van der Waals surface area contributed by atoms with Gasteiger partial charge in [-0.1, -0.05) is 24.6 Å². The second kappa shape index (κ2) is 7.05. The van der Waals surface area contributed by atoms with Crippen molar-refractivity contribution in [3.63, 3.8) is 0 Å². The zero-order valence-corrected chi connectivity index (χ0v) is 11.3. The van der Waals surface area contributed by atoms with Crippen LogP contribution in [0.4, 0.5) is 5.69 Å². The highest BCUT2D eigenvalue weighted by molar-refractivity contribution is 6.39. The van der Waals surface area contributed by atoms with Crippen molar-refractivity contribution in [3.05, 3.63) is 30.3 Å². The summed E-state index contributed by atoms with van der Waals surface area (Å²) in [6.07, 6.45) is 3.21. The van der Waals surface area contributed by atoms with Crippen LogP contribution in [0, 0.1) is 5.92 Å². The lowest BCUT2D eigenvalue weighted by Crippen LogP contribution is -2.39. The molecule has 5 nitrogen and oxygen atoms in total. The fraction of sp³-hybridized carbons (Fsp3) is 0.467. The van der Waals surface area contributed by atoms with E-state index in [9.17, 15) is 14.7 Å². The summed E-state index contributed by atoms with van der Waals surface area (Å²) in [5, 5.41) is 14.7. The van der Waals surface area contributed by atoms with Crippen molar-refractivity contribution in [2.45, 2.75) is 31.8 Å². The average molecular weight is 276 g/mol. The second-order valence-electron chi connectivity index (χ2n) is 5.22. The third-order valence-electron chi connectivity index (χ3n) is 3.54. The topological polar surface area (TPSA) is 78.4 Å². The van der Waals surface area contributed by atoms with E-state index in [2.05, 4.69) is 10.6 Å². The van der Waals surface area contributed by atoms with Crippen LogP contribution < -0.4 is 10.6 Å². The van der Waals surface area contributed by atoms with E-state index in [0.717, 1.165) is 19.3 Å². The molecular formula is C15H20N2O3. The van der Waals surface area contributed by atoms with Gasteiger partial charge in [0.25, 0.3) is 0 Å². The summed E-state index contributed by atoms with van der Waals surface area (Å²) < 4.78 is 0. The van der Waals surface area contributed by atoms with Crippen molar-refractivity contribution in [1.29, 1.82) is 0 Å². The smallest absolute Gasteiger partial charge is 0.313 e. The average Bonchev–Trinajstić information content (AvgIpc) is 2.46. The largest absolute Gasteiger partial charge is 0.393 e. The van der Waals surface area contributed by atoms with E-state index in [-0.39, 0.29) is 12.0 Å². The van der Waals surface area contributed by atoms with E-state index in [1.165, 1.54) is 0 Å². The summed E-state index contributed by atoms with van der Waals surface area (Å²) in [6.45, 7) is 0.443. The molecule has 0 saturated heterocycles. The Morgan fingerprint density at radius 1 is 1.15 bits per heavy atom. The first kappa shape index (κ1) is 14.5. The summed E-state index contributed by atoms with van der Waals surface area (Å²) in [7, 11) is 0. The van der Waals surface area contributed by atoms with Crippen molar-refractivity contribution in [2.24, 2.45) is 5.92 Å². The molecule has 20 heavy (non-hydrogen) atoms. The van der Waals surface area contributed by atoms with Gasteiger partial charge in [-0.15, -0.1) is 0 Å². The fourth-order valence-corrected chi connectivity index (χ4v) is 2.47. The van der Waals surface area contributed by atoms with Gasteiger partial charge in [-0.2, -0.15) is 0 Å². The molecular weight excluding hydrogens is 256 g/mol. The Kier molecular flexibility index (Phi) is 5.12. The molecule has 1 fully saturated rings. The van der Waals surface area contributed by atoms with Gasteiger partial charge in [-0.25, -0.2) is 0 Å². The molecule has 1 aliphatic carbocycles. The Labute approximate surface area is 118 Å². The van der Waals surface area contributed by atoms with Crippen LogP contribution in [0.2, 0.25) is 0 Å². The standard InChI is InChI=1S/C15H20N2O3/c18-13-8-4-5-11(9-13)10-16-14(19)15(20)17-12-6-2-1-3-7-12/h1-3,6-7,11,13,18H,4-5,8-10H2,(H,16,19)(H,17,20). The zero-order valence-electron chi connectivity index (χ0n) is 11.3. The van der Waals surface area contributed by atoms with E-state index in [1.807, 2.05) is 6.07 Å². The van der Waals surface area contributed by atoms with Gasteiger partial charge < -0.3 is 15.7 Å². The predicted molar refractivity (Wildman–Crippen MR) is 76.0 cm³/mol. The number of aliphatic hydroxyl groups is 1. The van der Waals surface area contributed by atoms with E-state index in [4.69, 9.17) is 0 Å². The van der Waals surface area contributed by atoms with Crippen molar-refractivity contribution in [1.82, 2.24) is 5.32 Å². The first-order chi connectivity index (χ1) is 9.65. The summed E-state index contributed by atoms with van der Waals surface area (Å²) in [6, 6.07) is 8.86. The summed E-state index contributed by atoms with van der Waals surface area (Å²) >= 11 is 0. The summed E-state index contributed by atoms with van der Waals surface area (Å²) in [5.41, 5.74) is 0.598. The molecule has 2 rings (SSSR count). The SMILES string of the molecule is O=C(NCC1CCCC(O)C1)C(=O)Nc1ccccc1. The minimum absolute atomic E-state index is 0.257. The molecule has 108 valence electrons. The molecule has 0 aromatic heterocycles. The maximum absolute atomic E-state index is 11.7. The highest BCUT2D eigenvalue weighted by atomic mass is 16.3. The molecule has 3 N–H and O–H groups in total. The second-order valence-corrected chi connectivity index (χ2v) is 5.22. The number of benzene rings is 1. The van der Waals surface area contributed by atoms with Gasteiger partial charge in [0.05, 0.1) is 6.10 Å². The van der Waals surface area contributed by atoms with Gasteiger partial charge in [0.15, 0.2) is 0 Å². The Morgan fingerprint density at radius 3 is 2.60 bits per heavy atom. The van der Waals surface area contributed by atoms with Crippen molar-refractivity contribution in [3.8, 4) is 0 Å². The third kappa shape index (κ3) is 4.35. The lowest BCUT2D eigenvalue weighted by atomic mass is 9.87. The fourth-order valence-electron chi connectivity index (χ4n) is 2.47. The number of para-hydroxylation sites is 1. The van der Waals surface area contributed by atoms with Gasteiger partial charge in [-0.3, -0.25) is 9.59 Å². The highest BCUT2D eigenvalue weighted by Crippen LogP contribution is 2.23. The lowest BCUT2D eigenvalue weighted by molar-refractivity contribution is -0.136. The predicted octanol–water partition coefficient (Wildman–Crippen LogP) is 1.29. The molecule has 2 amide bonds. The van der Waals surface area contributed by atoms with Gasteiger partial charge >= 0.3 is 11.8 Å². The molecule has 2 unspecified atom stereocenters. The first-order valence-corrected chi connectivity index (χ1v) is 6.97. The highest BCUT2D eigenvalue weighted by Gasteiger charge is 2.22. The van der Waals surface area contributed by atoms with E-state index >= 15 is 0 Å². The first-order valence-electron chi connectivity index (χ1n) is 6.97. The maximum Gasteiger partial charge on any atom is 0.313 e. The van der Waals surface area contributed by atoms with Crippen LogP contribution in [0.5, 0.6) is 0 Å². The Hall–Kier alpha value is -1.88. The molecule has 0 aliphatic heterocycles. The third-order valence-corrected chi connectivity index (χ3v) is 3.54. The van der Waals surface area contributed by atoms with Crippen LogP contribution in [-0.4, -0.2) is 29.6 Å². The Morgan fingerprint density at radius 2 is 1.90 bits per heavy atom. The summed E-state index contributed by atoms with van der Waals surface area (Å²) in [5.74, 6) is -1.03. The van der Waals surface area contributed by atoms with Gasteiger partial charge in [0.2, 0.25) is 0 Å². The van der Waals surface area contributed by atoms with E-state index < -0.39 is 11.8 Å². The molecule has 0 heterocycles. The van der Waals surface area contributed by atoms with Gasteiger partial charge in [0, 0.05) is 12.2 Å². The van der Waals surface area contributed by atoms with Gasteiger partial charge in [0.1, 0.15) is 0 Å². The Bertz CT molecular complexity index is 461. The molecule has 1 aliphatic rings. The molecule has 2 atom stereocenters. The maximum atomic E-state index is 11.7. The monoisotopic (exact) mass is 276 g/mol. The van der Waals surface area contributed by atoms with Crippen molar-refractivity contribution < 1.29 is 14.7 Å². The minimum atomic E-state index is -0.660. The number of amides is 2. The number of hydrogen-bond acceptors (Lipinski definition) is 3. The van der Waals surface area contributed by atoms with Crippen molar-refractivity contribution >= 4 is 17.5 Å². The molecule has 0 spiro atoms. The number of carbonyl (C=O) groups is 2. The van der Waals surface area contributed by atoms with Crippen LogP contribution in [0.3, 0.4) is 0 Å². The molecule has 1 aromatic rings. The molecule has 1 aromatic carbocycles. The van der Waals surface area contributed by atoms with Crippen LogP contribution in [0.25, 0.3) is 0 Å². The zero-order chi connectivity index (χ0) is 14.4. The van der Waals surface area contributed by atoms with E-state index in [1.54, 1.807) is 24.3 Å². The minimum Gasteiger partial charge on any atom is -0.393 e. The number of hydrogen-bond donors (Lipinski definition) is 3. The normalized spacial score (nSPS) is 22.1. The van der Waals surface area contributed by atoms with Crippen molar-refractivity contribution in [2.75, 3.05) is 11.9 Å². The molecule has 0 bridgehead atoms. The quantitative estimate of drug-likeness (QED) is 0.728. The van der Waals surface area contributed by atoms with Gasteiger partial charge in [-0.05, 0) is 37.3 Å². The van der Waals surface area contributed by atoms with Crippen LogP contribution in [0.1, 0.15) is 25.7 Å². The summed E-state index contributed by atoms with van der Waals surface area (Å²) in [4.78, 5) is 23.4. The number of nitrogens with one attached hydrogen (secondary N) is 2. The van der Waals surface area contributed by atoms with Crippen LogP contribution in [-0.2, 0) is 9.59 Å². The number of anilines is 1. The number of aliphatic hydroxyl groups excluding tert-OH is 1. The number of carbonyl (C=O) groups excluding carboxylic acids is 2.